The first kappa shape index (κ1) is 28.5. The number of nitrogens with one attached hydrogen (secondary N) is 3. The number of rotatable bonds is 8. The molecule has 4 aromatic rings. The van der Waals surface area contributed by atoms with E-state index in [1.165, 1.54) is 7.11 Å². The van der Waals surface area contributed by atoms with Crippen LogP contribution in [-0.2, 0) is 14.3 Å². The second-order valence-corrected chi connectivity index (χ2v) is 10.6. The van der Waals surface area contributed by atoms with Crippen molar-refractivity contribution in [3.63, 3.8) is 0 Å². The Kier molecular flexibility index (Phi) is 8.61. The summed E-state index contributed by atoms with van der Waals surface area (Å²) in [5.41, 5.74) is 4.34. The first-order valence-electron chi connectivity index (χ1n) is 14.0. The molecule has 0 bridgehead atoms. The molecule has 1 fully saturated rings. The molecular weight excluding hydrogens is 532 g/mol. The third kappa shape index (κ3) is 6.33. The van der Waals surface area contributed by atoms with E-state index in [0.717, 1.165) is 27.7 Å². The van der Waals surface area contributed by atoms with Gasteiger partial charge in [0.2, 0.25) is 11.8 Å². The summed E-state index contributed by atoms with van der Waals surface area (Å²) in [6.07, 6.45) is 2.13. The first-order chi connectivity index (χ1) is 20.3. The van der Waals surface area contributed by atoms with Crippen LogP contribution in [0, 0.1) is 5.92 Å². The lowest BCUT2D eigenvalue weighted by Crippen LogP contribution is -2.54. The van der Waals surface area contributed by atoms with E-state index in [-0.39, 0.29) is 17.7 Å². The van der Waals surface area contributed by atoms with Crippen molar-refractivity contribution in [1.82, 2.24) is 20.2 Å². The van der Waals surface area contributed by atoms with Crippen LogP contribution >= 0.6 is 0 Å². The maximum Gasteiger partial charge on any atom is 0.407 e. The molecule has 2 atom stereocenters. The molecule has 10 heteroatoms. The maximum atomic E-state index is 13.3. The molecule has 0 aliphatic carbocycles. The standard InChI is InChI=1S/C32H34N6O4/c1-20(2)28(37-32(41)42-3)31(40)38-17-7-10-27(38)30(39)36-24-14-11-21(12-15-24)22-13-16-26-25(18-22)29(34-19-33-26)35-23-8-5-4-6-9-23/h4-6,8-9,11-16,18-20,27-28H,7,10,17H2,1-3H3,(H,36,39)(H,37,41)(H,33,34,35). The summed E-state index contributed by atoms with van der Waals surface area (Å²) in [7, 11) is 1.25. The second kappa shape index (κ2) is 12.7. The molecule has 3 aromatic carbocycles. The molecule has 0 saturated carbocycles. The molecule has 1 aromatic heterocycles. The van der Waals surface area contributed by atoms with E-state index >= 15 is 0 Å². The molecule has 0 spiro atoms. The monoisotopic (exact) mass is 566 g/mol. The van der Waals surface area contributed by atoms with Crippen LogP contribution in [0.3, 0.4) is 0 Å². The summed E-state index contributed by atoms with van der Waals surface area (Å²) < 4.78 is 4.68. The van der Waals surface area contributed by atoms with Gasteiger partial charge in [-0.15, -0.1) is 0 Å². The van der Waals surface area contributed by atoms with Crippen molar-refractivity contribution >= 4 is 46.0 Å². The Morgan fingerprint density at radius 1 is 0.929 bits per heavy atom. The number of anilines is 3. The number of hydrogen-bond acceptors (Lipinski definition) is 7. The molecule has 2 heterocycles. The Bertz CT molecular complexity index is 1580. The SMILES string of the molecule is COC(=O)NC(C(=O)N1CCCC1C(=O)Nc1ccc(-c2ccc3ncnc(Nc4ccccc4)c3c2)cc1)C(C)C. The van der Waals surface area contributed by atoms with Gasteiger partial charge in [0.1, 0.15) is 24.2 Å². The number of alkyl carbamates (subject to hydrolysis) is 1. The predicted octanol–water partition coefficient (Wildman–Crippen LogP) is 5.35. The van der Waals surface area contributed by atoms with E-state index < -0.39 is 18.2 Å². The van der Waals surface area contributed by atoms with Gasteiger partial charge in [-0.2, -0.15) is 0 Å². The third-order valence-corrected chi connectivity index (χ3v) is 7.39. The van der Waals surface area contributed by atoms with Gasteiger partial charge in [0.25, 0.3) is 0 Å². The highest BCUT2D eigenvalue weighted by Crippen LogP contribution is 2.29. The Labute approximate surface area is 244 Å². The lowest BCUT2D eigenvalue weighted by Gasteiger charge is -2.30. The molecule has 216 valence electrons. The van der Waals surface area contributed by atoms with Crippen molar-refractivity contribution in [3.05, 3.63) is 79.1 Å². The maximum absolute atomic E-state index is 13.3. The topological polar surface area (TPSA) is 126 Å². The molecule has 10 nitrogen and oxygen atoms in total. The smallest absolute Gasteiger partial charge is 0.407 e. The normalized spacial score (nSPS) is 15.3. The number of likely N-dealkylation sites (tertiary alicyclic amines) is 1. The second-order valence-electron chi connectivity index (χ2n) is 10.6. The van der Waals surface area contributed by atoms with Crippen LogP contribution in [0.5, 0.6) is 0 Å². The minimum atomic E-state index is -0.777. The number of nitrogens with zero attached hydrogens (tertiary/aromatic N) is 3. The number of amides is 3. The van der Waals surface area contributed by atoms with E-state index in [2.05, 4.69) is 30.7 Å². The number of carbonyl (C=O) groups is 3. The average Bonchev–Trinajstić information content (AvgIpc) is 3.51. The lowest BCUT2D eigenvalue weighted by atomic mass is 10.0. The fraction of sp³-hybridized carbons (Fsp3) is 0.281. The van der Waals surface area contributed by atoms with E-state index in [9.17, 15) is 14.4 Å². The van der Waals surface area contributed by atoms with E-state index in [1.54, 1.807) is 11.2 Å². The Hall–Kier alpha value is -4.99. The Morgan fingerprint density at radius 3 is 2.38 bits per heavy atom. The Morgan fingerprint density at radius 2 is 1.67 bits per heavy atom. The molecule has 1 aliphatic heterocycles. The summed E-state index contributed by atoms with van der Waals surface area (Å²) >= 11 is 0. The van der Waals surface area contributed by atoms with Crippen molar-refractivity contribution in [2.24, 2.45) is 5.92 Å². The van der Waals surface area contributed by atoms with Gasteiger partial charge in [0, 0.05) is 23.3 Å². The zero-order valence-corrected chi connectivity index (χ0v) is 23.8. The minimum Gasteiger partial charge on any atom is -0.453 e. The summed E-state index contributed by atoms with van der Waals surface area (Å²) in [5, 5.41) is 9.82. The highest BCUT2D eigenvalue weighted by Gasteiger charge is 2.38. The van der Waals surface area contributed by atoms with Gasteiger partial charge in [-0.1, -0.05) is 50.2 Å². The van der Waals surface area contributed by atoms with E-state index in [4.69, 9.17) is 0 Å². The first-order valence-corrected chi connectivity index (χ1v) is 14.0. The van der Waals surface area contributed by atoms with Gasteiger partial charge in [-0.3, -0.25) is 9.59 Å². The average molecular weight is 567 g/mol. The molecule has 3 amide bonds. The minimum absolute atomic E-state index is 0.166. The Balaban J connectivity index is 1.29. The number of aromatic nitrogens is 2. The van der Waals surface area contributed by atoms with Crippen LogP contribution in [-0.4, -0.2) is 58.5 Å². The highest BCUT2D eigenvalue weighted by atomic mass is 16.5. The van der Waals surface area contributed by atoms with Crippen molar-refractivity contribution in [1.29, 1.82) is 0 Å². The molecule has 1 saturated heterocycles. The molecule has 3 N–H and O–H groups in total. The number of carbonyl (C=O) groups excluding carboxylic acids is 3. The molecule has 1 aliphatic rings. The van der Waals surface area contributed by atoms with Crippen molar-refractivity contribution in [2.75, 3.05) is 24.3 Å². The van der Waals surface area contributed by atoms with Gasteiger partial charge < -0.3 is 25.6 Å². The third-order valence-electron chi connectivity index (χ3n) is 7.39. The van der Waals surface area contributed by atoms with Crippen LogP contribution in [0.4, 0.5) is 22.0 Å². The number of hydrogen-bond donors (Lipinski definition) is 3. The lowest BCUT2D eigenvalue weighted by molar-refractivity contribution is -0.139. The fourth-order valence-corrected chi connectivity index (χ4v) is 5.15. The van der Waals surface area contributed by atoms with Crippen molar-refractivity contribution < 1.29 is 19.1 Å². The van der Waals surface area contributed by atoms with Crippen LogP contribution in [0.1, 0.15) is 26.7 Å². The van der Waals surface area contributed by atoms with Crippen molar-refractivity contribution in [2.45, 2.75) is 38.8 Å². The number of benzene rings is 3. The summed E-state index contributed by atoms with van der Waals surface area (Å²) in [6.45, 7) is 4.14. The summed E-state index contributed by atoms with van der Waals surface area (Å²) in [4.78, 5) is 48.8. The molecular formula is C32H34N6O4. The largest absolute Gasteiger partial charge is 0.453 e. The summed E-state index contributed by atoms with van der Waals surface area (Å²) in [6, 6.07) is 22.0. The zero-order valence-electron chi connectivity index (χ0n) is 23.8. The number of ether oxygens (including phenoxy) is 1. The quantitative estimate of drug-likeness (QED) is 0.263. The van der Waals surface area contributed by atoms with E-state index in [1.807, 2.05) is 86.6 Å². The molecule has 0 radical (unpaired) electrons. The predicted molar refractivity (Wildman–Crippen MR) is 162 cm³/mol. The van der Waals surface area contributed by atoms with Crippen LogP contribution in [0.25, 0.3) is 22.0 Å². The number of para-hydroxylation sites is 1. The number of methoxy groups -OCH3 is 1. The molecule has 42 heavy (non-hydrogen) atoms. The molecule has 2 unspecified atom stereocenters. The zero-order chi connectivity index (χ0) is 29.6. The van der Waals surface area contributed by atoms with Gasteiger partial charge in [0.05, 0.1) is 12.6 Å². The van der Waals surface area contributed by atoms with Gasteiger partial charge in [-0.05, 0) is 66.3 Å². The molecule has 5 rings (SSSR count). The van der Waals surface area contributed by atoms with Gasteiger partial charge in [-0.25, -0.2) is 14.8 Å². The van der Waals surface area contributed by atoms with Crippen molar-refractivity contribution in [3.8, 4) is 11.1 Å². The van der Waals surface area contributed by atoms with Crippen LogP contribution in [0.15, 0.2) is 79.1 Å². The van der Waals surface area contributed by atoms with E-state index in [0.29, 0.717) is 30.9 Å². The fourth-order valence-electron chi connectivity index (χ4n) is 5.15. The van der Waals surface area contributed by atoms with Crippen LogP contribution < -0.4 is 16.0 Å². The van der Waals surface area contributed by atoms with Crippen LogP contribution in [0.2, 0.25) is 0 Å². The van der Waals surface area contributed by atoms with Gasteiger partial charge in [0.15, 0.2) is 0 Å². The van der Waals surface area contributed by atoms with Gasteiger partial charge >= 0.3 is 6.09 Å². The highest BCUT2D eigenvalue weighted by molar-refractivity contribution is 5.99. The summed E-state index contributed by atoms with van der Waals surface area (Å²) in [5.74, 6) is 0.00729. The number of fused-ring (bicyclic) bond motifs is 1.